The predicted octanol–water partition coefficient (Wildman–Crippen LogP) is 4.98. The summed E-state index contributed by atoms with van der Waals surface area (Å²) >= 11 is 18.2. The van der Waals surface area contributed by atoms with E-state index in [1.54, 1.807) is 42.1 Å². The Labute approximate surface area is 200 Å². The third-order valence-corrected chi connectivity index (χ3v) is 7.90. The minimum atomic E-state index is -4.13. The van der Waals surface area contributed by atoms with Gasteiger partial charge >= 0.3 is 0 Å². The number of benzene rings is 2. The summed E-state index contributed by atoms with van der Waals surface area (Å²) in [5, 5.41) is 8.50. The van der Waals surface area contributed by atoms with Gasteiger partial charge in [-0.2, -0.15) is 5.10 Å². The van der Waals surface area contributed by atoms with Crippen molar-refractivity contribution in [3.8, 4) is 0 Å². The molecule has 1 atom stereocenters. The van der Waals surface area contributed by atoms with E-state index in [0.29, 0.717) is 32.1 Å². The molecule has 0 bridgehead atoms. The number of nitrogens with zero attached hydrogens (tertiary/aromatic N) is 3. The zero-order valence-electron chi connectivity index (χ0n) is 16.9. The van der Waals surface area contributed by atoms with Crippen LogP contribution in [0.4, 0.5) is 5.82 Å². The molecular weight excluding hydrogens is 495 g/mol. The molecule has 0 saturated heterocycles. The Morgan fingerprint density at radius 3 is 2.41 bits per heavy atom. The number of sulfonamides is 1. The lowest BCUT2D eigenvalue weighted by atomic mass is 9.95. The average molecular weight is 512 g/mol. The molecule has 1 aliphatic heterocycles. The number of hydrogen-bond donors (Lipinski definition) is 1. The SMILES string of the molecule is CC1=C(C(=O)N(C)S(=O)(=O)c2ccc(Cl)cc2)C(c2ccc(Cl)c(Cl)c2)n2nccc2N1. The Bertz CT molecular complexity index is 1350. The van der Waals surface area contributed by atoms with Gasteiger partial charge in [0.15, 0.2) is 0 Å². The second-order valence-electron chi connectivity index (χ2n) is 7.13. The summed E-state index contributed by atoms with van der Waals surface area (Å²) in [6.07, 6.45) is 1.59. The molecule has 1 aromatic heterocycles. The molecule has 0 radical (unpaired) electrons. The van der Waals surface area contributed by atoms with Crippen LogP contribution in [0.25, 0.3) is 0 Å². The van der Waals surface area contributed by atoms with E-state index in [1.165, 1.54) is 31.3 Å². The lowest BCUT2D eigenvalue weighted by Gasteiger charge is -2.31. The molecule has 0 fully saturated rings. The number of carbonyl (C=O) groups is 1. The first kappa shape index (κ1) is 22.7. The molecule has 0 saturated carbocycles. The van der Waals surface area contributed by atoms with E-state index in [4.69, 9.17) is 34.8 Å². The van der Waals surface area contributed by atoms with E-state index >= 15 is 0 Å². The Morgan fingerprint density at radius 2 is 1.75 bits per heavy atom. The first-order chi connectivity index (χ1) is 15.1. The standard InChI is InChI=1S/C21H17Cl3N4O3S/c1-12-19(21(29)27(2)32(30,31)15-6-4-14(22)5-7-15)20(28-18(26-12)9-10-25-28)13-3-8-16(23)17(24)11-13/h3-11,20,26H,1-2H3. The van der Waals surface area contributed by atoms with Crippen molar-refractivity contribution in [1.82, 2.24) is 14.1 Å². The van der Waals surface area contributed by atoms with Crippen LogP contribution in [-0.2, 0) is 14.8 Å². The second kappa shape index (κ2) is 8.44. The van der Waals surface area contributed by atoms with E-state index in [9.17, 15) is 13.2 Å². The van der Waals surface area contributed by atoms with Gasteiger partial charge in [-0.1, -0.05) is 40.9 Å². The van der Waals surface area contributed by atoms with Crippen molar-refractivity contribution in [3.63, 3.8) is 0 Å². The number of carbonyl (C=O) groups excluding carboxylic acids is 1. The Morgan fingerprint density at radius 1 is 1.06 bits per heavy atom. The number of aromatic nitrogens is 2. The van der Waals surface area contributed by atoms with Crippen LogP contribution < -0.4 is 5.32 Å². The lowest BCUT2D eigenvalue weighted by Crippen LogP contribution is -2.39. The van der Waals surface area contributed by atoms with Crippen LogP contribution in [0.1, 0.15) is 18.5 Å². The fraction of sp³-hybridized carbons (Fsp3) is 0.143. The van der Waals surface area contributed by atoms with Crippen molar-refractivity contribution in [2.75, 3.05) is 12.4 Å². The van der Waals surface area contributed by atoms with Crippen LogP contribution in [-0.4, -0.2) is 35.5 Å². The number of fused-ring (bicyclic) bond motifs is 1. The molecule has 0 spiro atoms. The van der Waals surface area contributed by atoms with Gasteiger partial charge < -0.3 is 5.32 Å². The highest BCUT2D eigenvalue weighted by atomic mass is 35.5. The molecule has 2 heterocycles. The number of rotatable bonds is 4. The molecule has 1 amide bonds. The number of nitrogens with one attached hydrogen (secondary N) is 1. The largest absolute Gasteiger partial charge is 0.344 e. The van der Waals surface area contributed by atoms with Gasteiger partial charge in [0, 0.05) is 23.8 Å². The minimum absolute atomic E-state index is 0.0503. The molecule has 1 aliphatic rings. The van der Waals surface area contributed by atoms with E-state index < -0.39 is 22.0 Å². The quantitative estimate of drug-likeness (QED) is 0.534. The number of allylic oxidation sites excluding steroid dienone is 1. The third kappa shape index (κ3) is 3.88. The molecule has 2 aromatic carbocycles. The zero-order valence-corrected chi connectivity index (χ0v) is 20.0. The van der Waals surface area contributed by atoms with Gasteiger partial charge in [-0.3, -0.25) is 4.79 Å². The monoisotopic (exact) mass is 510 g/mol. The summed E-state index contributed by atoms with van der Waals surface area (Å²) in [7, 11) is -2.91. The molecule has 1 N–H and O–H groups in total. The van der Waals surface area contributed by atoms with Crippen molar-refractivity contribution in [2.24, 2.45) is 0 Å². The van der Waals surface area contributed by atoms with Crippen LogP contribution in [0.15, 0.2) is 70.9 Å². The first-order valence-corrected chi connectivity index (χ1v) is 11.9. The smallest absolute Gasteiger partial charge is 0.267 e. The fourth-order valence-corrected chi connectivity index (χ4v) is 5.06. The highest BCUT2D eigenvalue weighted by Gasteiger charge is 2.37. The van der Waals surface area contributed by atoms with E-state index in [1.807, 2.05) is 0 Å². The summed E-state index contributed by atoms with van der Waals surface area (Å²) in [5.41, 5.74) is 1.34. The fourth-order valence-electron chi connectivity index (χ4n) is 3.52. The minimum Gasteiger partial charge on any atom is -0.344 e. The predicted molar refractivity (Wildman–Crippen MR) is 125 cm³/mol. The van der Waals surface area contributed by atoms with Gasteiger partial charge in [0.1, 0.15) is 11.9 Å². The highest BCUT2D eigenvalue weighted by molar-refractivity contribution is 7.89. The van der Waals surface area contributed by atoms with Crippen LogP contribution in [0.2, 0.25) is 15.1 Å². The average Bonchev–Trinajstić information content (AvgIpc) is 3.22. The van der Waals surface area contributed by atoms with Crippen LogP contribution >= 0.6 is 34.8 Å². The van der Waals surface area contributed by atoms with E-state index in [0.717, 1.165) is 4.31 Å². The summed E-state index contributed by atoms with van der Waals surface area (Å²) in [5.74, 6) is -0.0551. The van der Waals surface area contributed by atoms with Crippen molar-refractivity contribution >= 4 is 56.6 Å². The highest BCUT2D eigenvalue weighted by Crippen LogP contribution is 2.38. The van der Waals surface area contributed by atoms with Gasteiger partial charge in [0.25, 0.3) is 15.9 Å². The second-order valence-corrected chi connectivity index (χ2v) is 10.4. The van der Waals surface area contributed by atoms with Crippen molar-refractivity contribution in [1.29, 1.82) is 0 Å². The maximum Gasteiger partial charge on any atom is 0.267 e. The Kier molecular flexibility index (Phi) is 5.98. The molecule has 4 rings (SSSR count). The van der Waals surface area contributed by atoms with Crippen LogP contribution in [0.3, 0.4) is 0 Å². The number of amides is 1. The topological polar surface area (TPSA) is 84.3 Å². The summed E-state index contributed by atoms with van der Waals surface area (Å²) in [4.78, 5) is 13.5. The zero-order chi connectivity index (χ0) is 23.2. The van der Waals surface area contributed by atoms with Crippen molar-refractivity contribution in [2.45, 2.75) is 17.9 Å². The summed E-state index contributed by atoms with van der Waals surface area (Å²) < 4.78 is 28.6. The molecule has 0 aliphatic carbocycles. The number of halogens is 3. The van der Waals surface area contributed by atoms with Gasteiger partial charge in [0.05, 0.1) is 26.7 Å². The Balaban J connectivity index is 1.81. The van der Waals surface area contributed by atoms with Crippen LogP contribution in [0, 0.1) is 0 Å². The maximum atomic E-state index is 13.6. The molecule has 166 valence electrons. The first-order valence-electron chi connectivity index (χ1n) is 9.36. The summed E-state index contributed by atoms with van der Waals surface area (Å²) in [6, 6.07) is 11.6. The normalized spacial score (nSPS) is 15.8. The van der Waals surface area contributed by atoms with Crippen molar-refractivity contribution < 1.29 is 13.2 Å². The maximum absolute atomic E-state index is 13.6. The van der Waals surface area contributed by atoms with Crippen LogP contribution in [0.5, 0.6) is 0 Å². The number of hydrogen-bond acceptors (Lipinski definition) is 5. The molecule has 32 heavy (non-hydrogen) atoms. The number of anilines is 1. The Hall–Kier alpha value is -2.52. The van der Waals surface area contributed by atoms with Gasteiger partial charge in [-0.05, 0) is 48.9 Å². The third-order valence-electron chi connectivity index (χ3n) is 5.16. The van der Waals surface area contributed by atoms with E-state index in [-0.39, 0.29) is 10.5 Å². The molecular formula is C21H17Cl3N4O3S. The van der Waals surface area contributed by atoms with E-state index in [2.05, 4.69) is 10.4 Å². The van der Waals surface area contributed by atoms with Gasteiger partial charge in [-0.25, -0.2) is 17.4 Å². The lowest BCUT2D eigenvalue weighted by molar-refractivity contribution is -0.122. The number of likely N-dealkylation sites (N-methyl/N-ethyl adjacent to an activating group) is 1. The molecule has 11 heteroatoms. The molecule has 1 unspecified atom stereocenters. The van der Waals surface area contributed by atoms with Crippen molar-refractivity contribution in [3.05, 3.63) is 86.6 Å². The van der Waals surface area contributed by atoms with Gasteiger partial charge in [0.2, 0.25) is 0 Å². The molecule has 7 nitrogen and oxygen atoms in total. The molecule has 3 aromatic rings. The van der Waals surface area contributed by atoms with Gasteiger partial charge in [-0.15, -0.1) is 0 Å². The summed E-state index contributed by atoms with van der Waals surface area (Å²) in [6.45, 7) is 1.71.